The molecule has 0 amide bonds. The van der Waals surface area contributed by atoms with Crippen LogP contribution in [0.5, 0.6) is 0 Å². The zero-order chi connectivity index (χ0) is 14.7. The second-order valence-corrected chi connectivity index (χ2v) is 5.62. The van der Waals surface area contributed by atoms with Crippen molar-refractivity contribution in [3.8, 4) is 0 Å². The van der Waals surface area contributed by atoms with Crippen LogP contribution < -0.4 is 5.32 Å². The molecule has 1 N–H and O–H groups in total. The number of fused-ring (bicyclic) bond motifs is 1. The number of aryl methyl sites for hydroxylation is 1. The highest BCUT2D eigenvalue weighted by molar-refractivity contribution is 7.99. The van der Waals surface area contributed by atoms with Crippen LogP contribution in [0.15, 0.2) is 41.2 Å². The largest absolute Gasteiger partial charge is 0.369 e. The molecule has 108 valence electrons. The van der Waals surface area contributed by atoms with Gasteiger partial charge in [-0.15, -0.1) is 0 Å². The minimum absolute atomic E-state index is 0.672. The Kier molecular flexibility index (Phi) is 4.01. The molecule has 21 heavy (non-hydrogen) atoms. The van der Waals surface area contributed by atoms with Crippen LogP contribution in [0.25, 0.3) is 5.65 Å². The quantitative estimate of drug-likeness (QED) is 0.731. The molecule has 3 rings (SSSR count). The molecule has 0 fully saturated rings. The van der Waals surface area contributed by atoms with E-state index < -0.39 is 0 Å². The summed E-state index contributed by atoms with van der Waals surface area (Å²) in [5, 5.41) is 4.77. The summed E-state index contributed by atoms with van der Waals surface area (Å²) in [6.45, 7) is 4.98. The summed E-state index contributed by atoms with van der Waals surface area (Å²) >= 11 is 1.42. The molecule has 3 heterocycles. The average molecular weight is 300 g/mol. The van der Waals surface area contributed by atoms with Gasteiger partial charge in [0.1, 0.15) is 10.8 Å². The fraction of sp³-hybridized carbons (Fsp3) is 0.286. The lowest BCUT2D eigenvalue weighted by molar-refractivity contribution is 0.929. The molecule has 6 nitrogen and oxygen atoms in total. The fourth-order valence-corrected chi connectivity index (χ4v) is 2.61. The predicted molar refractivity (Wildman–Crippen MR) is 82.7 cm³/mol. The number of imidazole rings is 1. The summed E-state index contributed by atoms with van der Waals surface area (Å²) in [5.41, 5.74) is 1.85. The summed E-state index contributed by atoms with van der Waals surface area (Å²) < 4.78 is 1.96. The van der Waals surface area contributed by atoms with Crippen molar-refractivity contribution < 1.29 is 0 Å². The van der Waals surface area contributed by atoms with E-state index >= 15 is 0 Å². The lowest BCUT2D eigenvalue weighted by atomic mass is 10.4. The van der Waals surface area contributed by atoms with Crippen LogP contribution in [0.1, 0.15) is 18.9 Å². The van der Waals surface area contributed by atoms with Crippen molar-refractivity contribution in [3.63, 3.8) is 0 Å². The number of nitrogens with one attached hydrogen (secondary N) is 1. The smallest absolute Gasteiger partial charge is 0.193 e. The predicted octanol–water partition coefficient (Wildman–Crippen LogP) is 2.80. The van der Waals surface area contributed by atoms with Gasteiger partial charge in [0, 0.05) is 31.3 Å². The van der Waals surface area contributed by atoms with Gasteiger partial charge in [0.05, 0.1) is 6.20 Å². The van der Waals surface area contributed by atoms with E-state index in [9.17, 15) is 0 Å². The number of hydrogen-bond donors (Lipinski definition) is 1. The Morgan fingerprint density at radius 1 is 1.24 bits per heavy atom. The van der Waals surface area contributed by atoms with Crippen LogP contribution in [0.3, 0.4) is 0 Å². The monoisotopic (exact) mass is 300 g/mol. The molecular weight excluding hydrogens is 284 g/mol. The fourth-order valence-electron chi connectivity index (χ4n) is 1.83. The van der Waals surface area contributed by atoms with E-state index in [4.69, 9.17) is 0 Å². The molecule has 7 heteroatoms. The van der Waals surface area contributed by atoms with Crippen molar-refractivity contribution in [2.75, 3.05) is 11.9 Å². The molecule has 0 spiro atoms. The Morgan fingerprint density at radius 3 is 2.81 bits per heavy atom. The molecule has 3 aromatic heterocycles. The first-order chi connectivity index (χ1) is 10.3. The topological polar surface area (TPSA) is 68.0 Å². The summed E-state index contributed by atoms with van der Waals surface area (Å²) in [5.74, 6) is 0.831. The SMILES string of the molecule is CCCNc1cn2ccnc2c(Sc2ncc(C)cn2)n1. The summed E-state index contributed by atoms with van der Waals surface area (Å²) in [6, 6.07) is 0. The van der Waals surface area contributed by atoms with Crippen molar-refractivity contribution in [2.45, 2.75) is 30.5 Å². The minimum Gasteiger partial charge on any atom is -0.369 e. The Morgan fingerprint density at radius 2 is 2.05 bits per heavy atom. The van der Waals surface area contributed by atoms with E-state index in [-0.39, 0.29) is 0 Å². The number of aromatic nitrogens is 5. The zero-order valence-electron chi connectivity index (χ0n) is 11.9. The van der Waals surface area contributed by atoms with Gasteiger partial charge < -0.3 is 9.72 Å². The summed E-state index contributed by atoms with van der Waals surface area (Å²) in [6.07, 6.45) is 10.3. The van der Waals surface area contributed by atoms with Gasteiger partial charge in [0.2, 0.25) is 0 Å². The maximum atomic E-state index is 4.62. The average Bonchev–Trinajstić information content (AvgIpc) is 2.96. The maximum absolute atomic E-state index is 4.62. The van der Waals surface area contributed by atoms with E-state index in [2.05, 4.69) is 32.2 Å². The molecule has 0 saturated carbocycles. The second-order valence-electron chi connectivity index (χ2n) is 4.66. The van der Waals surface area contributed by atoms with E-state index in [0.29, 0.717) is 5.16 Å². The number of nitrogens with zero attached hydrogens (tertiary/aromatic N) is 5. The van der Waals surface area contributed by atoms with Gasteiger partial charge in [-0.2, -0.15) is 0 Å². The molecule has 0 aromatic carbocycles. The van der Waals surface area contributed by atoms with E-state index in [1.165, 1.54) is 11.8 Å². The van der Waals surface area contributed by atoms with Gasteiger partial charge in [-0.1, -0.05) is 6.92 Å². The highest BCUT2D eigenvalue weighted by Crippen LogP contribution is 2.27. The van der Waals surface area contributed by atoms with Crippen molar-refractivity contribution in [1.82, 2.24) is 24.3 Å². The molecule has 0 aliphatic heterocycles. The molecular formula is C14H16N6S. The van der Waals surface area contributed by atoms with E-state index in [1.807, 2.05) is 23.7 Å². The van der Waals surface area contributed by atoms with Gasteiger partial charge >= 0.3 is 0 Å². The van der Waals surface area contributed by atoms with Gasteiger partial charge in [0.25, 0.3) is 0 Å². The summed E-state index contributed by atoms with van der Waals surface area (Å²) in [4.78, 5) is 17.6. The Labute approximate surface area is 127 Å². The van der Waals surface area contributed by atoms with Crippen molar-refractivity contribution >= 4 is 23.2 Å². The van der Waals surface area contributed by atoms with E-state index in [1.54, 1.807) is 18.6 Å². The van der Waals surface area contributed by atoms with Crippen LogP contribution in [0.4, 0.5) is 5.82 Å². The third-order valence-electron chi connectivity index (χ3n) is 2.84. The number of rotatable bonds is 5. The normalized spacial score (nSPS) is 11.0. The second kappa shape index (κ2) is 6.09. The maximum Gasteiger partial charge on any atom is 0.193 e. The molecule has 0 aliphatic rings. The Bertz CT molecular complexity index is 737. The first-order valence-electron chi connectivity index (χ1n) is 6.80. The van der Waals surface area contributed by atoms with Gasteiger partial charge in [-0.3, -0.25) is 0 Å². The van der Waals surface area contributed by atoms with Crippen molar-refractivity contribution in [2.24, 2.45) is 0 Å². The first-order valence-corrected chi connectivity index (χ1v) is 7.62. The van der Waals surface area contributed by atoms with Crippen LogP contribution in [-0.4, -0.2) is 30.9 Å². The highest BCUT2D eigenvalue weighted by atomic mass is 32.2. The molecule has 0 radical (unpaired) electrons. The van der Waals surface area contributed by atoms with Gasteiger partial charge in [0.15, 0.2) is 10.8 Å². The van der Waals surface area contributed by atoms with Gasteiger partial charge in [-0.05, 0) is 30.7 Å². The van der Waals surface area contributed by atoms with Crippen LogP contribution in [0.2, 0.25) is 0 Å². The number of anilines is 1. The molecule has 0 atom stereocenters. The van der Waals surface area contributed by atoms with Crippen LogP contribution in [-0.2, 0) is 0 Å². The Hall–Kier alpha value is -2.15. The third-order valence-corrected chi connectivity index (χ3v) is 3.71. The van der Waals surface area contributed by atoms with Crippen LogP contribution in [0, 0.1) is 6.92 Å². The zero-order valence-corrected chi connectivity index (χ0v) is 12.8. The number of hydrogen-bond acceptors (Lipinski definition) is 6. The van der Waals surface area contributed by atoms with E-state index in [0.717, 1.165) is 35.0 Å². The molecule has 0 aliphatic carbocycles. The van der Waals surface area contributed by atoms with Crippen molar-refractivity contribution in [3.05, 3.63) is 36.5 Å². The van der Waals surface area contributed by atoms with Crippen molar-refractivity contribution in [1.29, 1.82) is 0 Å². The molecule has 0 unspecified atom stereocenters. The molecule has 0 bridgehead atoms. The summed E-state index contributed by atoms with van der Waals surface area (Å²) in [7, 11) is 0. The minimum atomic E-state index is 0.672. The van der Waals surface area contributed by atoms with Crippen LogP contribution >= 0.6 is 11.8 Å². The standard InChI is InChI=1S/C14H16N6S/c1-3-4-15-11-9-20-6-5-16-12(20)13(19-11)21-14-17-7-10(2)8-18-14/h5-9,15H,3-4H2,1-2H3. The third kappa shape index (κ3) is 3.13. The van der Waals surface area contributed by atoms with Gasteiger partial charge in [-0.25, -0.2) is 19.9 Å². The first kappa shape index (κ1) is 13.8. The lowest BCUT2D eigenvalue weighted by Crippen LogP contribution is -2.04. The molecule has 3 aromatic rings. The lowest BCUT2D eigenvalue weighted by Gasteiger charge is -2.08. The Balaban J connectivity index is 1.95. The highest BCUT2D eigenvalue weighted by Gasteiger charge is 2.10. The molecule has 0 saturated heterocycles.